The molecule has 5 nitrogen and oxygen atoms in total. The topological polar surface area (TPSA) is 66.6 Å². The summed E-state index contributed by atoms with van der Waals surface area (Å²) >= 11 is 0. The van der Waals surface area contributed by atoms with Crippen LogP contribution in [-0.4, -0.2) is 47.9 Å². The smallest absolute Gasteiger partial charge is 0.314 e. The summed E-state index contributed by atoms with van der Waals surface area (Å²) in [7, 11) is 1.88. The summed E-state index contributed by atoms with van der Waals surface area (Å²) in [6, 6.07) is -0.117. The van der Waals surface area contributed by atoms with Crippen LogP contribution in [0.15, 0.2) is 0 Å². The lowest BCUT2D eigenvalue weighted by Gasteiger charge is -2.34. The average Bonchev–Trinajstić information content (AvgIpc) is 2.36. The van der Waals surface area contributed by atoms with E-state index < -0.39 is 0 Å². The number of rotatable bonds is 4. The third kappa shape index (κ3) is 4.40. The van der Waals surface area contributed by atoms with Gasteiger partial charge in [-0.15, -0.1) is 0 Å². The van der Waals surface area contributed by atoms with Crippen molar-refractivity contribution in [3.63, 3.8) is 0 Å². The minimum Gasteiger partial charge on any atom is -0.351 e. The zero-order chi connectivity index (χ0) is 14.6. The Bertz CT molecular complexity index is 323. The van der Waals surface area contributed by atoms with Crippen LogP contribution >= 0.6 is 0 Å². The summed E-state index contributed by atoms with van der Waals surface area (Å²) in [5.41, 5.74) is 5.24. The van der Waals surface area contributed by atoms with E-state index in [4.69, 9.17) is 5.73 Å². The Balaban J connectivity index is 2.48. The van der Waals surface area contributed by atoms with Crippen LogP contribution in [0, 0.1) is 11.8 Å². The average molecular weight is 269 g/mol. The van der Waals surface area contributed by atoms with Crippen LogP contribution in [0.3, 0.4) is 0 Å². The Morgan fingerprint density at radius 3 is 2.21 bits per heavy atom. The van der Waals surface area contributed by atoms with Crippen LogP contribution in [0.2, 0.25) is 0 Å². The molecule has 3 amide bonds. The molecule has 110 valence electrons. The molecule has 19 heavy (non-hydrogen) atoms. The zero-order valence-electron chi connectivity index (χ0n) is 12.6. The summed E-state index contributed by atoms with van der Waals surface area (Å²) < 4.78 is 0. The van der Waals surface area contributed by atoms with E-state index in [1.54, 1.807) is 4.90 Å². The number of hydrogen-bond acceptors (Lipinski definition) is 2. The molecule has 1 atom stereocenters. The predicted molar refractivity (Wildman–Crippen MR) is 75.6 cm³/mol. The van der Waals surface area contributed by atoms with Crippen LogP contribution < -0.4 is 5.73 Å². The van der Waals surface area contributed by atoms with Gasteiger partial charge in [0.05, 0.1) is 0 Å². The maximum Gasteiger partial charge on any atom is 0.314 e. The Morgan fingerprint density at radius 2 is 1.79 bits per heavy atom. The first-order valence-electron chi connectivity index (χ1n) is 7.14. The van der Waals surface area contributed by atoms with E-state index in [9.17, 15) is 9.59 Å². The molecular weight excluding hydrogens is 242 g/mol. The minimum absolute atomic E-state index is 0.0372. The summed E-state index contributed by atoms with van der Waals surface area (Å²) in [5.74, 6) is 0.828. The molecule has 0 saturated carbocycles. The van der Waals surface area contributed by atoms with Gasteiger partial charge in [-0.1, -0.05) is 13.8 Å². The molecule has 1 rings (SSSR count). The SMILES string of the molecule is CC(C)C[C@H](C)N(C)C(=O)C1CCN(C(N)=O)CC1. The first-order valence-corrected chi connectivity index (χ1v) is 7.14. The van der Waals surface area contributed by atoms with Gasteiger partial charge in [-0.05, 0) is 32.1 Å². The zero-order valence-corrected chi connectivity index (χ0v) is 12.6. The second-order valence-corrected chi connectivity index (χ2v) is 6.03. The normalized spacial score (nSPS) is 18.5. The van der Waals surface area contributed by atoms with E-state index >= 15 is 0 Å². The van der Waals surface area contributed by atoms with Gasteiger partial charge in [0.25, 0.3) is 0 Å². The number of likely N-dealkylation sites (tertiary alicyclic amines) is 1. The lowest BCUT2D eigenvalue weighted by Crippen LogP contribution is -2.47. The molecule has 0 unspecified atom stereocenters. The van der Waals surface area contributed by atoms with Gasteiger partial charge >= 0.3 is 6.03 Å². The molecule has 0 aromatic rings. The molecule has 1 aliphatic rings. The van der Waals surface area contributed by atoms with Gasteiger partial charge in [-0.3, -0.25) is 4.79 Å². The molecule has 0 bridgehead atoms. The van der Waals surface area contributed by atoms with Crippen LogP contribution in [0.25, 0.3) is 0 Å². The van der Waals surface area contributed by atoms with Crippen molar-refractivity contribution in [3.8, 4) is 0 Å². The van der Waals surface area contributed by atoms with Crippen LogP contribution in [-0.2, 0) is 4.79 Å². The Labute approximate surface area is 116 Å². The molecule has 0 radical (unpaired) electrons. The number of nitrogens with zero attached hydrogens (tertiary/aromatic N) is 2. The number of carbonyl (C=O) groups excluding carboxylic acids is 2. The maximum absolute atomic E-state index is 12.4. The van der Waals surface area contributed by atoms with Gasteiger partial charge in [0.1, 0.15) is 0 Å². The first-order chi connectivity index (χ1) is 8.82. The Kier molecular flexibility index (Phi) is 5.63. The van der Waals surface area contributed by atoms with Crippen molar-refractivity contribution in [1.82, 2.24) is 9.80 Å². The van der Waals surface area contributed by atoms with Gasteiger partial charge in [0, 0.05) is 32.1 Å². The summed E-state index contributed by atoms with van der Waals surface area (Å²) in [6.45, 7) is 7.62. The summed E-state index contributed by atoms with van der Waals surface area (Å²) in [6.07, 6.45) is 2.46. The standard InChI is InChI=1S/C14H27N3O2/c1-10(2)9-11(3)16(4)13(18)12-5-7-17(8-6-12)14(15)19/h10-12H,5-9H2,1-4H3,(H2,15,19)/t11-/m0/s1. The molecule has 1 heterocycles. The van der Waals surface area contributed by atoms with E-state index in [0.717, 1.165) is 19.3 Å². The van der Waals surface area contributed by atoms with Gasteiger partial charge in [-0.2, -0.15) is 0 Å². The highest BCUT2D eigenvalue weighted by Gasteiger charge is 2.29. The van der Waals surface area contributed by atoms with E-state index in [-0.39, 0.29) is 23.9 Å². The number of carbonyl (C=O) groups is 2. The summed E-state index contributed by atoms with van der Waals surface area (Å²) in [5, 5.41) is 0. The predicted octanol–water partition coefficient (Wildman–Crippen LogP) is 1.67. The number of nitrogens with two attached hydrogens (primary N) is 1. The number of hydrogen-bond donors (Lipinski definition) is 1. The highest BCUT2D eigenvalue weighted by molar-refractivity contribution is 5.79. The third-order valence-electron chi connectivity index (χ3n) is 3.98. The van der Waals surface area contributed by atoms with Gasteiger partial charge in [-0.25, -0.2) is 4.79 Å². The van der Waals surface area contributed by atoms with Crippen LogP contribution in [0.4, 0.5) is 4.79 Å². The van der Waals surface area contributed by atoms with Crippen molar-refractivity contribution in [2.45, 2.75) is 46.1 Å². The van der Waals surface area contributed by atoms with E-state index in [2.05, 4.69) is 20.8 Å². The maximum atomic E-state index is 12.4. The van der Waals surface area contributed by atoms with Crippen molar-refractivity contribution in [2.75, 3.05) is 20.1 Å². The molecular formula is C14H27N3O2. The quantitative estimate of drug-likeness (QED) is 0.843. The second kappa shape index (κ2) is 6.78. The molecule has 1 saturated heterocycles. The molecule has 1 fully saturated rings. The molecule has 5 heteroatoms. The monoisotopic (exact) mass is 269 g/mol. The highest BCUT2D eigenvalue weighted by Crippen LogP contribution is 2.21. The van der Waals surface area contributed by atoms with Crippen LogP contribution in [0.5, 0.6) is 0 Å². The fraction of sp³-hybridized carbons (Fsp3) is 0.857. The van der Waals surface area contributed by atoms with Crippen LogP contribution in [0.1, 0.15) is 40.0 Å². The van der Waals surface area contributed by atoms with E-state index in [1.807, 2.05) is 11.9 Å². The van der Waals surface area contributed by atoms with Crippen molar-refractivity contribution >= 4 is 11.9 Å². The van der Waals surface area contributed by atoms with Gasteiger partial charge in [0.15, 0.2) is 0 Å². The van der Waals surface area contributed by atoms with Crippen molar-refractivity contribution in [1.29, 1.82) is 0 Å². The third-order valence-corrected chi connectivity index (χ3v) is 3.98. The Hall–Kier alpha value is -1.26. The Morgan fingerprint density at radius 1 is 1.26 bits per heavy atom. The molecule has 0 aliphatic carbocycles. The second-order valence-electron chi connectivity index (χ2n) is 6.03. The fourth-order valence-corrected chi connectivity index (χ4v) is 2.69. The lowest BCUT2D eigenvalue weighted by atomic mass is 9.94. The van der Waals surface area contributed by atoms with Gasteiger partial charge in [0.2, 0.25) is 5.91 Å². The van der Waals surface area contributed by atoms with Gasteiger partial charge < -0.3 is 15.5 Å². The number of urea groups is 1. The number of piperidine rings is 1. The number of amides is 3. The minimum atomic E-state index is -0.382. The van der Waals surface area contributed by atoms with Crippen molar-refractivity contribution in [2.24, 2.45) is 17.6 Å². The molecule has 2 N–H and O–H groups in total. The van der Waals surface area contributed by atoms with Crippen molar-refractivity contribution in [3.05, 3.63) is 0 Å². The molecule has 0 aromatic heterocycles. The first kappa shape index (κ1) is 15.8. The molecule has 0 aromatic carbocycles. The van der Waals surface area contributed by atoms with E-state index in [0.29, 0.717) is 19.0 Å². The van der Waals surface area contributed by atoms with Crippen molar-refractivity contribution < 1.29 is 9.59 Å². The molecule has 0 spiro atoms. The lowest BCUT2D eigenvalue weighted by molar-refractivity contribution is -0.137. The van der Waals surface area contributed by atoms with E-state index in [1.165, 1.54) is 0 Å². The number of primary amides is 1. The molecule has 1 aliphatic heterocycles. The largest absolute Gasteiger partial charge is 0.351 e. The summed E-state index contributed by atoms with van der Waals surface area (Å²) in [4.78, 5) is 26.9. The fourth-order valence-electron chi connectivity index (χ4n) is 2.69. The highest BCUT2D eigenvalue weighted by atomic mass is 16.2.